The van der Waals surface area contributed by atoms with Crippen molar-refractivity contribution in [2.75, 3.05) is 11.9 Å². The van der Waals surface area contributed by atoms with Gasteiger partial charge >= 0.3 is 6.03 Å². The number of carbonyl (C=O) groups excluding carboxylic acids is 1. The molecule has 0 atom stereocenters. The normalized spacial score (nSPS) is 10.4. The van der Waals surface area contributed by atoms with Gasteiger partial charge in [0.2, 0.25) is 0 Å². The monoisotopic (exact) mass is 251 g/mol. The maximum absolute atomic E-state index is 11.3. The van der Waals surface area contributed by atoms with Gasteiger partial charge in [-0.3, -0.25) is 5.32 Å². The minimum Gasteiger partial charge on any atom is -0.362 e. The fourth-order valence-electron chi connectivity index (χ4n) is 0.933. The van der Waals surface area contributed by atoms with E-state index in [1.54, 1.807) is 0 Å². The van der Waals surface area contributed by atoms with Crippen molar-refractivity contribution in [3.63, 3.8) is 0 Å². The van der Waals surface area contributed by atoms with E-state index in [-0.39, 0.29) is 6.54 Å². The van der Waals surface area contributed by atoms with Gasteiger partial charge < -0.3 is 9.84 Å². The van der Waals surface area contributed by atoms with E-state index in [0.29, 0.717) is 5.82 Å². The molecular weight excluding hydrogens is 241 g/mol. The van der Waals surface area contributed by atoms with Gasteiger partial charge in [0.25, 0.3) is 0 Å². The Balaban J connectivity index is 2.44. The number of aryl methyl sites for hydroxylation is 1. The van der Waals surface area contributed by atoms with Crippen LogP contribution in [0, 0.1) is 0 Å². The van der Waals surface area contributed by atoms with Crippen molar-refractivity contribution in [3.05, 3.63) is 11.8 Å². The summed E-state index contributed by atoms with van der Waals surface area (Å²) >= 11 is 10.9. The molecule has 0 radical (unpaired) electrons. The molecule has 1 aromatic heterocycles. The first-order valence-electron chi connectivity index (χ1n) is 4.39. The SMILES string of the molecule is CCc1conc1NC(=O)NCC(Cl)Cl. The van der Waals surface area contributed by atoms with Crippen LogP contribution in [0.5, 0.6) is 0 Å². The average Bonchev–Trinajstić information content (AvgIpc) is 2.62. The summed E-state index contributed by atoms with van der Waals surface area (Å²) in [5.41, 5.74) is 0.832. The predicted molar refractivity (Wildman–Crippen MR) is 58.4 cm³/mol. The summed E-state index contributed by atoms with van der Waals surface area (Å²) in [4.78, 5) is 10.6. The van der Waals surface area contributed by atoms with E-state index in [0.717, 1.165) is 12.0 Å². The zero-order chi connectivity index (χ0) is 11.3. The zero-order valence-corrected chi connectivity index (χ0v) is 9.60. The second-order valence-corrected chi connectivity index (χ2v) is 4.05. The van der Waals surface area contributed by atoms with Crippen LogP contribution in [-0.2, 0) is 6.42 Å². The number of aromatic nitrogens is 1. The molecule has 5 nitrogen and oxygen atoms in total. The molecule has 0 saturated heterocycles. The number of halogens is 2. The molecule has 0 spiro atoms. The van der Waals surface area contributed by atoms with E-state index >= 15 is 0 Å². The van der Waals surface area contributed by atoms with Crippen LogP contribution in [0.25, 0.3) is 0 Å². The highest BCUT2D eigenvalue weighted by atomic mass is 35.5. The summed E-state index contributed by atoms with van der Waals surface area (Å²) in [6.07, 6.45) is 2.22. The molecule has 0 aliphatic heterocycles. The van der Waals surface area contributed by atoms with Crippen LogP contribution in [0.15, 0.2) is 10.8 Å². The Morgan fingerprint density at radius 1 is 1.67 bits per heavy atom. The fourth-order valence-corrected chi connectivity index (χ4v) is 1.09. The summed E-state index contributed by atoms with van der Waals surface area (Å²) in [6.45, 7) is 2.11. The Morgan fingerprint density at radius 2 is 2.40 bits per heavy atom. The maximum atomic E-state index is 11.3. The predicted octanol–water partition coefficient (Wildman–Crippen LogP) is 2.16. The zero-order valence-electron chi connectivity index (χ0n) is 8.09. The number of carbonyl (C=O) groups is 1. The van der Waals surface area contributed by atoms with E-state index in [2.05, 4.69) is 15.8 Å². The molecule has 2 amide bonds. The number of hydrogen-bond donors (Lipinski definition) is 2. The lowest BCUT2D eigenvalue weighted by Crippen LogP contribution is -2.32. The Labute approximate surface area is 97.1 Å². The van der Waals surface area contributed by atoms with E-state index in [1.807, 2.05) is 6.92 Å². The van der Waals surface area contributed by atoms with E-state index in [9.17, 15) is 4.79 Å². The molecule has 0 bridgehead atoms. The van der Waals surface area contributed by atoms with Crippen molar-refractivity contribution in [1.29, 1.82) is 0 Å². The Hall–Kier alpha value is -0.940. The summed E-state index contributed by atoms with van der Waals surface area (Å²) in [5.74, 6) is 0.413. The highest BCUT2D eigenvalue weighted by molar-refractivity contribution is 6.44. The van der Waals surface area contributed by atoms with Gasteiger partial charge in [0, 0.05) is 12.1 Å². The lowest BCUT2D eigenvalue weighted by Gasteiger charge is -2.05. The second kappa shape index (κ2) is 5.82. The van der Waals surface area contributed by atoms with Crippen molar-refractivity contribution in [2.45, 2.75) is 18.2 Å². The first kappa shape index (κ1) is 12.1. The van der Waals surface area contributed by atoms with Crippen LogP contribution < -0.4 is 10.6 Å². The molecule has 1 heterocycles. The highest BCUT2D eigenvalue weighted by Gasteiger charge is 2.10. The Bertz CT molecular complexity index is 327. The number of rotatable bonds is 4. The largest absolute Gasteiger partial charge is 0.362 e. The van der Waals surface area contributed by atoms with Crippen LogP contribution in [0.2, 0.25) is 0 Å². The van der Waals surface area contributed by atoms with Gasteiger partial charge in [-0.2, -0.15) is 0 Å². The molecule has 7 heteroatoms. The first-order valence-corrected chi connectivity index (χ1v) is 5.27. The standard InChI is InChI=1S/C8H11Cl2N3O2/c1-2-5-4-15-13-7(5)12-8(14)11-3-6(9)10/h4,6H,2-3H2,1H3,(H2,11,12,13,14). The molecule has 1 rings (SSSR count). The summed E-state index contributed by atoms with van der Waals surface area (Å²) in [5, 5.41) is 8.64. The minimum atomic E-state index is -0.626. The summed E-state index contributed by atoms with van der Waals surface area (Å²) < 4.78 is 4.72. The van der Waals surface area contributed by atoms with Crippen LogP contribution >= 0.6 is 23.2 Å². The number of hydrogen-bond acceptors (Lipinski definition) is 3. The van der Waals surface area contributed by atoms with Crippen LogP contribution in [-0.4, -0.2) is 22.6 Å². The molecule has 15 heavy (non-hydrogen) atoms. The quantitative estimate of drug-likeness (QED) is 0.807. The van der Waals surface area contributed by atoms with Gasteiger partial charge in [0.15, 0.2) is 5.82 Å². The number of anilines is 1. The van der Waals surface area contributed by atoms with Gasteiger partial charge in [-0.15, -0.1) is 23.2 Å². The van der Waals surface area contributed by atoms with E-state index in [1.165, 1.54) is 6.26 Å². The van der Waals surface area contributed by atoms with E-state index < -0.39 is 10.9 Å². The molecule has 0 aliphatic carbocycles. The highest BCUT2D eigenvalue weighted by Crippen LogP contribution is 2.12. The molecule has 2 N–H and O–H groups in total. The lowest BCUT2D eigenvalue weighted by atomic mass is 10.3. The Morgan fingerprint density at radius 3 is 3.00 bits per heavy atom. The van der Waals surface area contributed by atoms with Crippen molar-refractivity contribution in [2.24, 2.45) is 0 Å². The van der Waals surface area contributed by atoms with Gasteiger partial charge in [0.05, 0.1) is 0 Å². The number of urea groups is 1. The van der Waals surface area contributed by atoms with Gasteiger partial charge in [-0.1, -0.05) is 12.1 Å². The molecule has 1 aromatic rings. The number of nitrogens with zero attached hydrogens (tertiary/aromatic N) is 1. The van der Waals surface area contributed by atoms with Gasteiger partial charge in [-0.05, 0) is 6.42 Å². The van der Waals surface area contributed by atoms with Crippen molar-refractivity contribution >= 4 is 35.1 Å². The average molecular weight is 252 g/mol. The summed E-state index contributed by atoms with van der Waals surface area (Å²) in [6, 6.07) is -0.412. The van der Waals surface area contributed by atoms with Gasteiger partial charge in [0.1, 0.15) is 11.1 Å². The van der Waals surface area contributed by atoms with Crippen molar-refractivity contribution < 1.29 is 9.32 Å². The number of nitrogens with one attached hydrogen (secondary N) is 2. The molecule has 0 unspecified atom stereocenters. The van der Waals surface area contributed by atoms with Crippen molar-refractivity contribution in [1.82, 2.24) is 10.5 Å². The molecule has 0 fully saturated rings. The summed E-state index contributed by atoms with van der Waals surface area (Å²) in [7, 11) is 0. The van der Waals surface area contributed by atoms with Crippen LogP contribution in [0.1, 0.15) is 12.5 Å². The Kier molecular flexibility index (Phi) is 4.71. The molecule has 0 saturated carbocycles. The molecule has 0 aromatic carbocycles. The number of amides is 2. The third-order valence-corrected chi connectivity index (χ3v) is 1.98. The smallest absolute Gasteiger partial charge is 0.320 e. The molecular formula is C8H11Cl2N3O2. The van der Waals surface area contributed by atoms with Crippen molar-refractivity contribution in [3.8, 4) is 0 Å². The molecule has 84 valence electrons. The van der Waals surface area contributed by atoms with Crippen LogP contribution in [0.4, 0.5) is 10.6 Å². The third kappa shape index (κ3) is 3.97. The molecule has 0 aliphatic rings. The van der Waals surface area contributed by atoms with Gasteiger partial charge in [-0.25, -0.2) is 4.79 Å². The maximum Gasteiger partial charge on any atom is 0.320 e. The topological polar surface area (TPSA) is 67.2 Å². The lowest BCUT2D eigenvalue weighted by molar-refractivity contribution is 0.252. The fraction of sp³-hybridized carbons (Fsp3) is 0.500. The van der Waals surface area contributed by atoms with E-state index in [4.69, 9.17) is 27.7 Å². The third-order valence-electron chi connectivity index (χ3n) is 1.67. The first-order chi connectivity index (χ1) is 7.13. The minimum absolute atomic E-state index is 0.175. The van der Waals surface area contributed by atoms with Crippen LogP contribution in [0.3, 0.4) is 0 Å². The second-order valence-electron chi connectivity index (χ2n) is 2.77. The number of alkyl halides is 2.